The van der Waals surface area contributed by atoms with Crippen LogP contribution in [-0.2, 0) is 0 Å². The van der Waals surface area contributed by atoms with Crippen LogP contribution in [0, 0.1) is 20.8 Å². The Morgan fingerprint density at radius 3 is 2.50 bits per heavy atom. The molecule has 0 aliphatic heterocycles. The molecule has 0 radical (unpaired) electrons. The van der Waals surface area contributed by atoms with Crippen molar-refractivity contribution in [1.29, 1.82) is 0 Å². The van der Waals surface area contributed by atoms with Crippen molar-refractivity contribution in [2.75, 3.05) is 5.01 Å². The van der Waals surface area contributed by atoms with Gasteiger partial charge in [-0.25, -0.2) is 4.98 Å². The molecule has 1 aromatic heterocycles. The number of aromatic nitrogens is 1. The topological polar surface area (TPSA) is 45.6 Å². The summed E-state index contributed by atoms with van der Waals surface area (Å²) in [6.45, 7) is 6.07. The van der Waals surface area contributed by atoms with Crippen molar-refractivity contribution in [2.45, 2.75) is 20.8 Å². The number of hydrazone groups is 1. The lowest BCUT2D eigenvalue weighted by Gasteiger charge is -2.14. The maximum absolute atomic E-state index is 13.4. The van der Waals surface area contributed by atoms with Gasteiger partial charge in [0, 0.05) is 10.0 Å². The van der Waals surface area contributed by atoms with E-state index in [2.05, 4.69) is 26.0 Å². The molecule has 3 aromatic carbocycles. The van der Waals surface area contributed by atoms with Gasteiger partial charge in [-0.3, -0.25) is 4.79 Å². The molecule has 0 unspecified atom stereocenters. The molecule has 6 heteroatoms. The van der Waals surface area contributed by atoms with E-state index in [0.717, 1.165) is 31.4 Å². The van der Waals surface area contributed by atoms with E-state index in [4.69, 9.17) is 0 Å². The Labute approximate surface area is 188 Å². The monoisotopic (exact) mass is 477 g/mol. The maximum Gasteiger partial charge on any atom is 0.280 e. The third-order valence-corrected chi connectivity index (χ3v) is 6.35. The van der Waals surface area contributed by atoms with Crippen molar-refractivity contribution in [3.05, 3.63) is 93.0 Å². The molecule has 0 N–H and O–H groups in total. The minimum atomic E-state index is -0.209. The minimum Gasteiger partial charge on any atom is -0.267 e. The zero-order valence-corrected chi connectivity index (χ0v) is 19.3. The fraction of sp³-hybridized carbons (Fsp3) is 0.125. The maximum atomic E-state index is 13.4. The normalized spacial score (nSPS) is 11.3. The van der Waals surface area contributed by atoms with Crippen LogP contribution in [0.15, 0.2) is 70.2 Å². The zero-order chi connectivity index (χ0) is 21.3. The summed E-state index contributed by atoms with van der Waals surface area (Å²) in [4.78, 5) is 18.1. The SMILES string of the molecule is Cc1ccc(/C=N/N(C(=O)c2ccc(C)c(C)c2)c2nc3ccc(Br)cc3s2)cc1. The number of nitrogens with zero attached hydrogens (tertiary/aromatic N) is 3. The second-order valence-corrected chi connectivity index (χ2v) is 9.10. The van der Waals surface area contributed by atoms with Crippen LogP contribution >= 0.6 is 27.3 Å². The number of thiazole rings is 1. The van der Waals surface area contributed by atoms with Crippen LogP contribution in [0.3, 0.4) is 0 Å². The third-order valence-electron chi connectivity index (χ3n) is 4.87. The molecular formula is C24H20BrN3OS. The average Bonchev–Trinajstić information content (AvgIpc) is 3.14. The summed E-state index contributed by atoms with van der Waals surface area (Å²) < 4.78 is 1.96. The summed E-state index contributed by atoms with van der Waals surface area (Å²) in [5.41, 5.74) is 5.72. The largest absolute Gasteiger partial charge is 0.280 e. The zero-order valence-electron chi connectivity index (χ0n) is 16.9. The number of hydrogen-bond acceptors (Lipinski definition) is 4. The highest BCUT2D eigenvalue weighted by molar-refractivity contribution is 9.10. The second-order valence-electron chi connectivity index (χ2n) is 7.18. The summed E-state index contributed by atoms with van der Waals surface area (Å²) >= 11 is 4.93. The van der Waals surface area contributed by atoms with E-state index in [0.29, 0.717) is 10.7 Å². The first kappa shape index (κ1) is 20.4. The van der Waals surface area contributed by atoms with Gasteiger partial charge in [0.1, 0.15) is 0 Å². The van der Waals surface area contributed by atoms with Crippen LogP contribution in [-0.4, -0.2) is 17.1 Å². The van der Waals surface area contributed by atoms with Crippen LogP contribution in [0.1, 0.15) is 32.6 Å². The van der Waals surface area contributed by atoms with Gasteiger partial charge in [0.25, 0.3) is 5.91 Å². The quantitative estimate of drug-likeness (QED) is 0.243. The van der Waals surface area contributed by atoms with Gasteiger partial charge in [0.05, 0.1) is 16.4 Å². The van der Waals surface area contributed by atoms with E-state index in [9.17, 15) is 4.79 Å². The molecule has 0 spiro atoms. The van der Waals surface area contributed by atoms with Crippen LogP contribution in [0.2, 0.25) is 0 Å². The number of halogens is 1. The van der Waals surface area contributed by atoms with E-state index in [1.54, 1.807) is 6.21 Å². The number of fused-ring (bicyclic) bond motifs is 1. The van der Waals surface area contributed by atoms with Gasteiger partial charge in [-0.15, -0.1) is 0 Å². The molecule has 150 valence electrons. The van der Waals surface area contributed by atoms with Crippen molar-refractivity contribution in [1.82, 2.24) is 4.98 Å². The van der Waals surface area contributed by atoms with Gasteiger partial charge in [-0.05, 0) is 67.8 Å². The molecule has 0 aliphatic rings. The summed E-state index contributed by atoms with van der Waals surface area (Å²) in [5.74, 6) is -0.209. The Bertz CT molecular complexity index is 1260. The predicted molar refractivity (Wildman–Crippen MR) is 129 cm³/mol. The van der Waals surface area contributed by atoms with Crippen LogP contribution < -0.4 is 5.01 Å². The lowest BCUT2D eigenvalue weighted by molar-refractivity contribution is 0.0987. The van der Waals surface area contributed by atoms with Crippen molar-refractivity contribution >= 4 is 54.7 Å². The van der Waals surface area contributed by atoms with Crippen molar-refractivity contribution in [2.24, 2.45) is 5.10 Å². The Balaban J connectivity index is 1.77. The smallest absolute Gasteiger partial charge is 0.267 e. The first-order chi connectivity index (χ1) is 14.4. The molecule has 0 fully saturated rings. The van der Waals surface area contributed by atoms with Crippen molar-refractivity contribution < 1.29 is 4.79 Å². The highest BCUT2D eigenvalue weighted by atomic mass is 79.9. The number of benzene rings is 3. The number of carbonyl (C=O) groups is 1. The molecular weight excluding hydrogens is 458 g/mol. The molecule has 0 bridgehead atoms. The summed E-state index contributed by atoms with van der Waals surface area (Å²) in [6, 6.07) is 19.6. The fourth-order valence-corrected chi connectivity index (χ4v) is 4.41. The van der Waals surface area contributed by atoms with Gasteiger partial charge in [-0.1, -0.05) is 63.2 Å². The molecule has 30 heavy (non-hydrogen) atoms. The van der Waals surface area contributed by atoms with Crippen LogP contribution in [0.25, 0.3) is 10.2 Å². The molecule has 0 saturated heterocycles. The van der Waals surface area contributed by atoms with E-state index in [1.807, 2.05) is 81.4 Å². The number of rotatable bonds is 4. The molecule has 0 aliphatic carbocycles. The Kier molecular flexibility index (Phi) is 5.79. The van der Waals surface area contributed by atoms with Crippen LogP contribution in [0.4, 0.5) is 5.13 Å². The minimum absolute atomic E-state index is 0.209. The standard InChI is InChI=1S/C24H20BrN3OS/c1-15-4-7-18(8-5-15)14-26-28(23(29)19-9-6-16(2)17(3)12-19)24-27-21-11-10-20(25)13-22(21)30-24/h4-14H,1-3H3/b26-14+. The molecule has 4 aromatic rings. The van der Waals surface area contributed by atoms with E-state index in [-0.39, 0.29) is 5.91 Å². The van der Waals surface area contributed by atoms with E-state index in [1.165, 1.54) is 21.9 Å². The van der Waals surface area contributed by atoms with Gasteiger partial charge >= 0.3 is 0 Å². The predicted octanol–water partition coefficient (Wildman–Crippen LogP) is 6.66. The van der Waals surface area contributed by atoms with Crippen LogP contribution in [0.5, 0.6) is 0 Å². The highest BCUT2D eigenvalue weighted by Gasteiger charge is 2.21. The second kappa shape index (κ2) is 8.50. The average molecular weight is 478 g/mol. The molecule has 1 amide bonds. The molecule has 0 saturated carbocycles. The number of aryl methyl sites for hydroxylation is 3. The Morgan fingerprint density at radius 1 is 1.00 bits per heavy atom. The Hall–Kier alpha value is -2.83. The number of anilines is 1. The highest BCUT2D eigenvalue weighted by Crippen LogP contribution is 2.32. The summed E-state index contributed by atoms with van der Waals surface area (Å²) in [6.07, 6.45) is 1.69. The number of amides is 1. The molecule has 1 heterocycles. The van der Waals surface area contributed by atoms with Crippen molar-refractivity contribution in [3.8, 4) is 0 Å². The van der Waals surface area contributed by atoms with Crippen molar-refractivity contribution in [3.63, 3.8) is 0 Å². The molecule has 4 nitrogen and oxygen atoms in total. The lowest BCUT2D eigenvalue weighted by atomic mass is 10.1. The van der Waals surface area contributed by atoms with Gasteiger partial charge in [0.2, 0.25) is 5.13 Å². The third kappa shape index (κ3) is 4.35. The first-order valence-electron chi connectivity index (χ1n) is 9.49. The summed E-state index contributed by atoms with van der Waals surface area (Å²) in [5, 5.41) is 6.46. The number of hydrogen-bond donors (Lipinski definition) is 0. The lowest BCUT2D eigenvalue weighted by Crippen LogP contribution is -2.25. The Morgan fingerprint density at radius 2 is 1.77 bits per heavy atom. The van der Waals surface area contributed by atoms with E-state index < -0.39 is 0 Å². The number of carbonyl (C=O) groups excluding carboxylic acids is 1. The van der Waals surface area contributed by atoms with Gasteiger partial charge < -0.3 is 0 Å². The first-order valence-corrected chi connectivity index (χ1v) is 11.1. The summed E-state index contributed by atoms with van der Waals surface area (Å²) in [7, 11) is 0. The van der Waals surface area contributed by atoms with Gasteiger partial charge in [-0.2, -0.15) is 10.1 Å². The van der Waals surface area contributed by atoms with E-state index >= 15 is 0 Å². The molecule has 0 atom stereocenters. The fourth-order valence-electron chi connectivity index (χ4n) is 2.94. The van der Waals surface area contributed by atoms with Gasteiger partial charge in [0.15, 0.2) is 0 Å². The molecule has 4 rings (SSSR count).